The topological polar surface area (TPSA) is 9.23 Å². The van der Waals surface area contributed by atoms with Crippen LogP contribution in [0.2, 0.25) is 0 Å². The van der Waals surface area contributed by atoms with Crippen LogP contribution in [0.4, 0.5) is 0 Å². The second-order valence-electron chi connectivity index (χ2n) is 4.80. The SMILES string of the molecule is CC(C)Oc1cccc(CC(C)(C)S)c1. The van der Waals surface area contributed by atoms with Gasteiger partial charge in [-0.25, -0.2) is 0 Å². The maximum absolute atomic E-state index is 5.64. The maximum Gasteiger partial charge on any atom is 0.119 e. The number of hydrogen-bond donors (Lipinski definition) is 1. The predicted octanol–water partition coefficient (Wildman–Crippen LogP) is 3.72. The Balaban J connectivity index is 2.74. The van der Waals surface area contributed by atoms with Gasteiger partial charge in [-0.2, -0.15) is 12.6 Å². The molecule has 0 fully saturated rings. The summed E-state index contributed by atoms with van der Waals surface area (Å²) in [6.07, 6.45) is 1.18. The Labute approximate surface area is 98.3 Å². The van der Waals surface area contributed by atoms with Crippen LogP contribution in [0, 0.1) is 0 Å². The fourth-order valence-corrected chi connectivity index (χ4v) is 1.68. The lowest BCUT2D eigenvalue weighted by Gasteiger charge is -2.18. The van der Waals surface area contributed by atoms with Gasteiger partial charge in [-0.1, -0.05) is 26.0 Å². The summed E-state index contributed by atoms with van der Waals surface area (Å²) in [6, 6.07) is 8.24. The summed E-state index contributed by atoms with van der Waals surface area (Å²) in [4.78, 5) is 0. The molecule has 0 radical (unpaired) electrons. The molecule has 0 atom stereocenters. The van der Waals surface area contributed by atoms with Gasteiger partial charge in [0.1, 0.15) is 5.75 Å². The molecule has 0 amide bonds. The molecule has 0 heterocycles. The highest BCUT2D eigenvalue weighted by Crippen LogP contribution is 2.22. The van der Waals surface area contributed by atoms with Gasteiger partial charge in [0.15, 0.2) is 0 Å². The molecule has 15 heavy (non-hydrogen) atoms. The Hall–Kier alpha value is -0.630. The second kappa shape index (κ2) is 4.93. The minimum absolute atomic E-state index is 0.0243. The van der Waals surface area contributed by atoms with Crippen molar-refractivity contribution < 1.29 is 4.74 Å². The average molecular weight is 224 g/mol. The van der Waals surface area contributed by atoms with E-state index in [1.807, 2.05) is 26.0 Å². The van der Waals surface area contributed by atoms with Crippen LogP contribution in [-0.2, 0) is 6.42 Å². The lowest BCUT2D eigenvalue weighted by molar-refractivity contribution is 0.242. The molecule has 0 N–H and O–H groups in total. The minimum Gasteiger partial charge on any atom is -0.491 e. The molecule has 0 saturated carbocycles. The molecule has 1 aromatic carbocycles. The summed E-state index contributed by atoms with van der Waals surface area (Å²) in [7, 11) is 0. The summed E-state index contributed by atoms with van der Waals surface area (Å²) in [5.41, 5.74) is 1.27. The van der Waals surface area contributed by atoms with Crippen LogP contribution in [0.1, 0.15) is 33.3 Å². The first-order chi connectivity index (χ1) is 6.87. The molecular weight excluding hydrogens is 204 g/mol. The molecule has 0 aliphatic heterocycles. The highest BCUT2D eigenvalue weighted by Gasteiger charge is 2.12. The molecule has 1 nitrogen and oxygen atoms in total. The maximum atomic E-state index is 5.64. The van der Waals surface area contributed by atoms with Gasteiger partial charge >= 0.3 is 0 Å². The summed E-state index contributed by atoms with van der Waals surface area (Å²) in [6.45, 7) is 8.31. The van der Waals surface area contributed by atoms with E-state index in [9.17, 15) is 0 Å². The van der Waals surface area contributed by atoms with Gasteiger partial charge in [-0.3, -0.25) is 0 Å². The van der Waals surface area contributed by atoms with E-state index < -0.39 is 0 Å². The van der Waals surface area contributed by atoms with Crippen LogP contribution < -0.4 is 4.74 Å². The number of thiol groups is 1. The van der Waals surface area contributed by atoms with Crippen molar-refractivity contribution in [2.45, 2.75) is 45.0 Å². The van der Waals surface area contributed by atoms with Crippen LogP contribution in [0.25, 0.3) is 0 Å². The van der Waals surface area contributed by atoms with Crippen molar-refractivity contribution in [3.63, 3.8) is 0 Å². The van der Waals surface area contributed by atoms with Crippen LogP contribution in [-0.4, -0.2) is 10.9 Å². The Kier molecular flexibility index (Phi) is 4.09. The number of benzene rings is 1. The molecule has 1 aromatic rings. The lowest BCUT2D eigenvalue weighted by atomic mass is 10.0. The summed E-state index contributed by atoms with van der Waals surface area (Å²) >= 11 is 4.53. The minimum atomic E-state index is 0.0243. The first kappa shape index (κ1) is 12.4. The highest BCUT2D eigenvalue weighted by molar-refractivity contribution is 7.81. The first-order valence-electron chi connectivity index (χ1n) is 5.35. The zero-order valence-corrected chi connectivity index (χ0v) is 10.8. The van der Waals surface area contributed by atoms with Gasteiger partial charge in [0, 0.05) is 4.75 Å². The largest absolute Gasteiger partial charge is 0.491 e. The van der Waals surface area contributed by atoms with E-state index in [1.54, 1.807) is 0 Å². The second-order valence-corrected chi connectivity index (χ2v) is 6.01. The molecule has 1 rings (SSSR count). The molecule has 0 bridgehead atoms. The average Bonchev–Trinajstić information content (AvgIpc) is 1.99. The van der Waals surface area contributed by atoms with Crippen molar-refractivity contribution in [3.05, 3.63) is 29.8 Å². The van der Waals surface area contributed by atoms with Crippen LogP contribution in [0.3, 0.4) is 0 Å². The van der Waals surface area contributed by atoms with Gasteiger partial charge in [0.2, 0.25) is 0 Å². The summed E-state index contributed by atoms with van der Waals surface area (Å²) in [5.74, 6) is 0.945. The quantitative estimate of drug-likeness (QED) is 0.767. The van der Waals surface area contributed by atoms with Crippen molar-refractivity contribution in [1.82, 2.24) is 0 Å². The molecule has 0 aromatic heterocycles. The predicted molar refractivity (Wildman–Crippen MR) is 69.0 cm³/mol. The van der Waals surface area contributed by atoms with Gasteiger partial charge in [-0.15, -0.1) is 0 Å². The third-order valence-electron chi connectivity index (χ3n) is 1.91. The molecule has 84 valence electrons. The number of hydrogen-bond acceptors (Lipinski definition) is 2. The first-order valence-corrected chi connectivity index (χ1v) is 5.79. The van der Waals surface area contributed by atoms with E-state index in [0.29, 0.717) is 0 Å². The molecule has 2 heteroatoms. The smallest absolute Gasteiger partial charge is 0.119 e. The van der Waals surface area contributed by atoms with E-state index >= 15 is 0 Å². The Morgan fingerprint density at radius 1 is 1.33 bits per heavy atom. The van der Waals surface area contributed by atoms with Gasteiger partial charge in [-0.05, 0) is 38.0 Å². The van der Waals surface area contributed by atoms with Crippen molar-refractivity contribution in [1.29, 1.82) is 0 Å². The summed E-state index contributed by atoms with van der Waals surface area (Å²) < 4.78 is 5.67. The van der Waals surface area contributed by atoms with Crippen LogP contribution >= 0.6 is 12.6 Å². The van der Waals surface area contributed by atoms with Crippen molar-refractivity contribution in [2.75, 3.05) is 0 Å². The molecule has 0 aliphatic carbocycles. The molecule has 0 aliphatic rings. The zero-order valence-electron chi connectivity index (χ0n) is 9.95. The van der Waals surface area contributed by atoms with Gasteiger partial charge in [0.05, 0.1) is 6.10 Å². The Morgan fingerprint density at radius 3 is 2.53 bits per heavy atom. The molecule has 0 saturated heterocycles. The fraction of sp³-hybridized carbons (Fsp3) is 0.538. The number of ether oxygens (including phenoxy) is 1. The van der Waals surface area contributed by atoms with E-state index in [0.717, 1.165) is 12.2 Å². The molecule has 0 spiro atoms. The number of rotatable bonds is 4. The zero-order chi connectivity index (χ0) is 11.5. The van der Waals surface area contributed by atoms with Gasteiger partial charge in [0.25, 0.3) is 0 Å². The Bertz CT molecular complexity index is 313. The van der Waals surface area contributed by atoms with E-state index in [2.05, 4.69) is 38.6 Å². The lowest BCUT2D eigenvalue weighted by Crippen LogP contribution is -2.14. The van der Waals surface area contributed by atoms with E-state index in [1.165, 1.54) is 5.56 Å². The van der Waals surface area contributed by atoms with Crippen molar-refractivity contribution in [3.8, 4) is 5.75 Å². The highest BCUT2D eigenvalue weighted by atomic mass is 32.1. The standard InChI is InChI=1S/C13H20OS/c1-10(2)14-12-7-5-6-11(8-12)9-13(3,4)15/h5-8,10,15H,9H2,1-4H3. The third kappa shape index (κ3) is 5.12. The van der Waals surface area contributed by atoms with Crippen molar-refractivity contribution in [2.24, 2.45) is 0 Å². The van der Waals surface area contributed by atoms with Crippen molar-refractivity contribution >= 4 is 12.6 Å². The van der Waals surface area contributed by atoms with Crippen LogP contribution in [0.15, 0.2) is 24.3 Å². The summed E-state index contributed by atoms with van der Waals surface area (Å²) in [5, 5.41) is 0. The van der Waals surface area contributed by atoms with Crippen LogP contribution in [0.5, 0.6) is 5.75 Å². The third-order valence-corrected chi connectivity index (χ3v) is 2.07. The normalized spacial score (nSPS) is 11.9. The molecule has 0 unspecified atom stereocenters. The molecular formula is C13H20OS. The van der Waals surface area contributed by atoms with E-state index in [-0.39, 0.29) is 10.9 Å². The van der Waals surface area contributed by atoms with Gasteiger partial charge < -0.3 is 4.74 Å². The Morgan fingerprint density at radius 2 is 2.00 bits per heavy atom. The fourth-order valence-electron chi connectivity index (χ4n) is 1.50. The monoisotopic (exact) mass is 224 g/mol. The van der Waals surface area contributed by atoms with E-state index in [4.69, 9.17) is 4.74 Å².